The van der Waals surface area contributed by atoms with Crippen molar-refractivity contribution in [2.45, 2.75) is 32.8 Å². The maximum atomic E-state index is 14.7. The Morgan fingerprint density at radius 1 is 0.976 bits per heavy atom. The number of halogens is 2. The number of rotatable bonds is 10. The van der Waals surface area contributed by atoms with Gasteiger partial charge in [-0.1, -0.05) is 12.1 Å². The number of ether oxygens (including phenoxy) is 2. The monoisotopic (exact) mass is 575 g/mol. The van der Waals surface area contributed by atoms with Crippen LogP contribution in [-0.2, 0) is 9.53 Å². The molecule has 1 heterocycles. The molecular weight excluding hydrogens is 544 g/mol. The maximum Gasteiger partial charge on any atom is 0.410 e. The first-order valence-corrected chi connectivity index (χ1v) is 13.0. The van der Waals surface area contributed by atoms with Gasteiger partial charge in [0.15, 0.2) is 11.6 Å². The van der Waals surface area contributed by atoms with Gasteiger partial charge in [-0.3, -0.25) is 0 Å². The van der Waals surface area contributed by atoms with Gasteiger partial charge in [-0.15, -0.1) is 0 Å². The second kappa shape index (κ2) is 13.6. The largest absolute Gasteiger partial charge is 0.494 e. The Morgan fingerprint density at radius 3 is 2.21 bits per heavy atom. The molecule has 0 fully saturated rings. The SMILES string of the molecule is COc1ccc(-c2c(C#N)cc(N(C)CCN(CCC=O)C(=O)OC(C)(C)C)nc2-c2ccc(C#N)c(F)c2)cc1F. The van der Waals surface area contributed by atoms with Crippen LogP contribution in [0.25, 0.3) is 22.4 Å². The molecule has 0 aliphatic carbocycles. The van der Waals surface area contributed by atoms with Crippen LogP contribution in [0, 0.1) is 34.3 Å². The zero-order valence-electron chi connectivity index (χ0n) is 24.1. The van der Waals surface area contributed by atoms with Gasteiger partial charge < -0.3 is 24.1 Å². The van der Waals surface area contributed by atoms with E-state index in [4.69, 9.17) is 14.5 Å². The van der Waals surface area contributed by atoms with E-state index < -0.39 is 23.3 Å². The summed E-state index contributed by atoms with van der Waals surface area (Å²) in [7, 11) is 3.03. The Morgan fingerprint density at radius 2 is 1.64 bits per heavy atom. The molecule has 0 aliphatic rings. The minimum atomic E-state index is -0.774. The Balaban J connectivity index is 2.09. The van der Waals surface area contributed by atoms with Gasteiger partial charge >= 0.3 is 6.09 Å². The number of hydrogen-bond donors (Lipinski definition) is 0. The molecule has 2 aromatic carbocycles. The van der Waals surface area contributed by atoms with Crippen molar-refractivity contribution in [3.05, 3.63) is 65.2 Å². The first-order valence-electron chi connectivity index (χ1n) is 13.0. The third-order valence-corrected chi connectivity index (χ3v) is 6.19. The summed E-state index contributed by atoms with van der Waals surface area (Å²) >= 11 is 0. The number of aldehydes is 1. The number of pyridine rings is 1. The first kappa shape index (κ1) is 31.5. The molecule has 0 spiro atoms. The number of amides is 1. The Hall–Kier alpha value is -5.03. The van der Waals surface area contributed by atoms with E-state index in [-0.39, 0.29) is 59.8 Å². The summed E-state index contributed by atoms with van der Waals surface area (Å²) < 4.78 is 39.9. The van der Waals surface area contributed by atoms with Crippen LogP contribution in [0.4, 0.5) is 19.4 Å². The van der Waals surface area contributed by atoms with E-state index >= 15 is 0 Å². The summed E-state index contributed by atoms with van der Waals surface area (Å²) in [5.41, 5.74) is 0.286. The van der Waals surface area contributed by atoms with Gasteiger partial charge in [0.2, 0.25) is 0 Å². The summed E-state index contributed by atoms with van der Waals surface area (Å²) in [5.74, 6) is -1.10. The molecule has 9 nitrogen and oxygen atoms in total. The third-order valence-electron chi connectivity index (χ3n) is 6.19. The van der Waals surface area contributed by atoms with Crippen LogP contribution in [0.3, 0.4) is 0 Å². The van der Waals surface area contributed by atoms with E-state index in [2.05, 4.69) is 6.07 Å². The Bertz CT molecular complexity index is 1560. The lowest BCUT2D eigenvalue weighted by atomic mass is 9.94. The van der Waals surface area contributed by atoms with E-state index in [0.717, 1.165) is 6.07 Å². The normalized spacial score (nSPS) is 10.8. The summed E-state index contributed by atoms with van der Waals surface area (Å²) in [5, 5.41) is 19.3. The van der Waals surface area contributed by atoms with E-state index in [1.54, 1.807) is 44.9 Å². The molecule has 0 bridgehead atoms. The highest BCUT2D eigenvalue weighted by atomic mass is 19.1. The van der Waals surface area contributed by atoms with Gasteiger partial charge in [0.05, 0.1) is 30.0 Å². The number of nitrogens with zero attached hydrogens (tertiary/aromatic N) is 5. The zero-order chi connectivity index (χ0) is 31.0. The quantitative estimate of drug-likeness (QED) is 0.282. The van der Waals surface area contributed by atoms with Crippen molar-refractivity contribution >= 4 is 18.2 Å². The molecule has 0 aliphatic heterocycles. The van der Waals surface area contributed by atoms with Crippen molar-refractivity contribution in [3.8, 4) is 40.3 Å². The molecule has 0 atom stereocenters. The molecule has 11 heteroatoms. The highest BCUT2D eigenvalue weighted by Crippen LogP contribution is 2.37. The minimum Gasteiger partial charge on any atom is -0.494 e. The summed E-state index contributed by atoms with van der Waals surface area (Å²) in [6.45, 7) is 5.80. The second-order valence-corrected chi connectivity index (χ2v) is 10.4. The molecule has 0 N–H and O–H groups in total. The smallest absolute Gasteiger partial charge is 0.410 e. The number of carbonyl (C=O) groups excluding carboxylic acids is 2. The van der Waals surface area contributed by atoms with Crippen molar-refractivity contribution in [2.24, 2.45) is 0 Å². The Labute approximate surface area is 243 Å². The molecule has 218 valence electrons. The van der Waals surface area contributed by atoms with Gasteiger partial charge in [-0.05, 0) is 56.7 Å². The van der Waals surface area contributed by atoms with Gasteiger partial charge in [-0.2, -0.15) is 10.5 Å². The van der Waals surface area contributed by atoms with Crippen LogP contribution in [0.2, 0.25) is 0 Å². The van der Waals surface area contributed by atoms with E-state index in [0.29, 0.717) is 17.7 Å². The van der Waals surface area contributed by atoms with Gasteiger partial charge in [0.1, 0.15) is 29.6 Å². The van der Waals surface area contributed by atoms with E-state index in [9.17, 15) is 28.9 Å². The van der Waals surface area contributed by atoms with Crippen LogP contribution in [0.15, 0.2) is 42.5 Å². The molecule has 3 rings (SSSR count). The van der Waals surface area contributed by atoms with E-state index in [1.165, 1.54) is 42.3 Å². The van der Waals surface area contributed by atoms with Crippen LogP contribution >= 0.6 is 0 Å². The maximum absolute atomic E-state index is 14.7. The topological polar surface area (TPSA) is 120 Å². The fraction of sp³-hybridized carbons (Fsp3) is 0.323. The van der Waals surface area contributed by atoms with E-state index in [1.807, 2.05) is 0 Å². The molecule has 42 heavy (non-hydrogen) atoms. The molecule has 0 saturated carbocycles. The lowest BCUT2D eigenvalue weighted by Gasteiger charge is -2.29. The molecule has 1 amide bonds. The molecule has 3 aromatic rings. The number of benzene rings is 2. The van der Waals surface area contributed by atoms with Gasteiger partial charge in [-0.25, -0.2) is 18.6 Å². The molecule has 0 saturated heterocycles. The fourth-order valence-corrected chi connectivity index (χ4v) is 4.11. The molecule has 0 unspecified atom stereocenters. The average Bonchev–Trinajstić information content (AvgIpc) is 2.95. The highest BCUT2D eigenvalue weighted by Gasteiger charge is 2.24. The van der Waals surface area contributed by atoms with Crippen molar-refractivity contribution in [3.63, 3.8) is 0 Å². The summed E-state index contributed by atoms with van der Waals surface area (Å²) in [6.07, 6.45) is 0.265. The number of anilines is 1. The number of likely N-dealkylation sites (N-methyl/N-ethyl adjacent to an activating group) is 1. The Kier molecular flexibility index (Phi) is 10.2. The number of hydrogen-bond acceptors (Lipinski definition) is 8. The standard InChI is InChI=1S/C31H31F2N5O4/c1-31(2,3)42-30(40)38(11-6-14-39)13-12-37(4)27-17-23(19-35)28(20-9-10-26(41-5)25(33)15-20)29(36-27)21-7-8-22(18-34)24(32)16-21/h7-10,14-17H,6,11-13H2,1-5H3. The van der Waals surface area contributed by atoms with Crippen molar-refractivity contribution in [1.82, 2.24) is 9.88 Å². The minimum absolute atomic E-state index is 0.0108. The molecule has 0 radical (unpaired) electrons. The molecule has 1 aromatic heterocycles. The van der Waals surface area contributed by atoms with Crippen LogP contribution in [-0.4, -0.2) is 61.7 Å². The lowest BCUT2D eigenvalue weighted by Crippen LogP contribution is -2.41. The fourth-order valence-electron chi connectivity index (χ4n) is 4.11. The predicted molar refractivity (Wildman–Crippen MR) is 153 cm³/mol. The highest BCUT2D eigenvalue weighted by molar-refractivity contribution is 5.87. The lowest BCUT2D eigenvalue weighted by molar-refractivity contribution is -0.108. The van der Waals surface area contributed by atoms with Crippen LogP contribution in [0.1, 0.15) is 38.3 Å². The summed E-state index contributed by atoms with van der Waals surface area (Å²) in [4.78, 5) is 31.5. The van der Waals surface area contributed by atoms with Gasteiger partial charge in [0.25, 0.3) is 0 Å². The first-order chi connectivity index (χ1) is 19.9. The van der Waals surface area contributed by atoms with Gasteiger partial charge in [0, 0.05) is 44.2 Å². The summed E-state index contributed by atoms with van der Waals surface area (Å²) in [6, 6.07) is 13.6. The second-order valence-electron chi connectivity index (χ2n) is 10.4. The number of carbonyl (C=O) groups is 2. The number of methoxy groups -OCH3 is 1. The van der Waals surface area contributed by atoms with Crippen LogP contribution in [0.5, 0.6) is 5.75 Å². The predicted octanol–water partition coefficient (Wildman–Crippen LogP) is 5.71. The average molecular weight is 576 g/mol. The third kappa shape index (κ3) is 7.58. The van der Waals surface area contributed by atoms with Crippen molar-refractivity contribution < 1.29 is 27.8 Å². The van der Waals surface area contributed by atoms with Crippen molar-refractivity contribution in [1.29, 1.82) is 10.5 Å². The van der Waals surface area contributed by atoms with Crippen LogP contribution < -0.4 is 9.64 Å². The molecular formula is C31H31F2N5O4. The van der Waals surface area contributed by atoms with Crippen molar-refractivity contribution in [2.75, 3.05) is 38.7 Å². The number of aromatic nitrogens is 1. The number of nitriles is 2. The zero-order valence-corrected chi connectivity index (χ0v) is 24.1.